The number of hydrogen-bond donors (Lipinski definition) is 1. The molecular weight excluding hydrogens is 442 g/mol. The Morgan fingerprint density at radius 3 is 2.36 bits per heavy atom. The van der Waals surface area contributed by atoms with Crippen LogP contribution in [0.1, 0.15) is 36.5 Å². The lowest BCUT2D eigenvalue weighted by Crippen LogP contribution is -2.49. The summed E-state index contributed by atoms with van der Waals surface area (Å²) < 4.78 is 10.6. The second kappa shape index (κ2) is 11.9. The number of nitrogens with zero attached hydrogens (tertiary/aromatic N) is 2. The lowest BCUT2D eigenvalue weighted by atomic mass is 10.0. The van der Waals surface area contributed by atoms with Gasteiger partial charge in [0.15, 0.2) is 0 Å². The monoisotopic (exact) mass is 473 g/mol. The molecule has 1 saturated heterocycles. The third kappa shape index (κ3) is 6.39. The van der Waals surface area contributed by atoms with Crippen molar-refractivity contribution < 1.29 is 19.1 Å². The zero-order chi connectivity index (χ0) is 23.8. The molecule has 2 amide bonds. The highest BCUT2D eigenvalue weighted by atomic mass is 35.5. The van der Waals surface area contributed by atoms with E-state index < -0.39 is 0 Å². The van der Waals surface area contributed by atoms with Gasteiger partial charge in [0.1, 0.15) is 11.5 Å². The van der Waals surface area contributed by atoms with Crippen LogP contribution in [-0.2, 0) is 4.79 Å². The lowest BCUT2D eigenvalue weighted by Gasteiger charge is -2.38. The molecular formula is C25H32ClN3O4. The van der Waals surface area contributed by atoms with Gasteiger partial charge in [0, 0.05) is 36.8 Å². The molecule has 1 aliphatic rings. The lowest BCUT2D eigenvalue weighted by molar-refractivity contribution is -0.118. The van der Waals surface area contributed by atoms with Gasteiger partial charge in [-0.3, -0.25) is 14.5 Å². The first-order chi connectivity index (χ1) is 16.0. The van der Waals surface area contributed by atoms with Crippen molar-refractivity contribution >= 4 is 29.1 Å². The van der Waals surface area contributed by atoms with Crippen molar-refractivity contribution in [3.8, 4) is 11.5 Å². The van der Waals surface area contributed by atoms with E-state index in [-0.39, 0.29) is 24.4 Å². The maximum Gasteiger partial charge on any atom is 0.253 e. The molecule has 1 heterocycles. The van der Waals surface area contributed by atoms with Crippen LogP contribution >= 0.6 is 11.6 Å². The van der Waals surface area contributed by atoms with Crippen LogP contribution in [0.5, 0.6) is 11.5 Å². The smallest absolute Gasteiger partial charge is 0.253 e. The SMILES string of the molecule is CCCN(CC(=O)Nc1cc(OC)c(Cl)cc1OC)C1CCN(C(=O)c2ccccc2)CC1. The third-order valence-corrected chi connectivity index (χ3v) is 6.19. The maximum atomic E-state index is 12.9. The van der Waals surface area contributed by atoms with E-state index in [0.29, 0.717) is 40.9 Å². The summed E-state index contributed by atoms with van der Waals surface area (Å²) in [6, 6.07) is 12.9. The van der Waals surface area contributed by atoms with Crippen molar-refractivity contribution in [3.63, 3.8) is 0 Å². The van der Waals surface area contributed by atoms with E-state index in [4.69, 9.17) is 21.1 Å². The van der Waals surface area contributed by atoms with Crippen molar-refractivity contribution in [2.24, 2.45) is 0 Å². The van der Waals surface area contributed by atoms with Crippen molar-refractivity contribution in [2.45, 2.75) is 32.2 Å². The first kappa shape index (κ1) is 24.9. The Morgan fingerprint density at radius 2 is 1.76 bits per heavy atom. The number of anilines is 1. The minimum absolute atomic E-state index is 0.0672. The standard InChI is InChI=1S/C25H32ClN3O4/c1-4-12-29(17-24(30)27-21-16-22(32-2)20(26)15-23(21)33-3)19-10-13-28(14-11-19)25(31)18-8-6-5-7-9-18/h5-9,15-16,19H,4,10-14,17H2,1-3H3,(H,27,30). The highest BCUT2D eigenvalue weighted by Crippen LogP contribution is 2.35. The van der Waals surface area contributed by atoms with Gasteiger partial charge in [-0.1, -0.05) is 36.7 Å². The van der Waals surface area contributed by atoms with E-state index in [1.54, 1.807) is 12.1 Å². The number of hydrogen-bond acceptors (Lipinski definition) is 5. The third-order valence-electron chi connectivity index (χ3n) is 5.89. The number of halogens is 1. The highest BCUT2D eigenvalue weighted by molar-refractivity contribution is 6.32. The minimum Gasteiger partial charge on any atom is -0.495 e. The normalized spacial score (nSPS) is 14.3. The fourth-order valence-corrected chi connectivity index (χ4v) is 4.44. The zero-order valence-electron chi connectivity index (χ0n) is 19.5. The molecule has 0 bridgehead atoms. The molecule has 0 radical (unpaired) electrons. The Hall–Kier alpha value is -2.77. The Balaban J connectivity index is 1.61. The van der Waals surface area contributed by atoms with Crippen LogP contribution in [-0.4, -0.2) is 68.1 Å². The molecule has 1 fully saturated rings. The Labute approximate surface area is 200 Å². The molecule has 0 spiro atoms. The van der Waals surface area contributed by atoms with E-state index in [1.807, 2.05) is 35.2 Å². The second-order valence-electron chi connectivity index (χ2n) is 8.10. The van der Waals surface area contributed by atoms with Gasteiger partial charge in [-0.25, -0.2) is 0 Å². The molecule has 2 aromatic carbocycles. The van der Waals surface area contributed by atoms with Crippen LogP contribution in [0.3, 0.4) is 0 Å². The summed E-state index contributed by atoms with van der Waals surface area (Å²) in [5.41, 5.74) is 1.23. The number of rotatable bonds is 9. The maximum absolute atomic E-state index is 12.9. The van der Waals surface area contributed by atoms with Gasteiger partial charge in [0.2, 0.25) is 5.91 Å². The summed E-state index contributed by atoms with van der Waals surface area (Å²) in [5, 5.41) is 3.34. The van der Waals surface area contributed by atoms with Crippen molar-refractivity contribution in [2.75, 3.05) is 45.7 Å². The van der Waals surface area contributed by atoms with Crippen LogP contribution in [0.2, 0.25) is 5.02 Å². The molecule has 0 aromatic heterocycles. The molecule has 3 rings (SSSR count). The van der Waals surface area contributed by atoms with Crippen molar-refractivity contribution in [1.29, 1.82) is 0 Å². The molecule has 1 aliphatic heterocycles. The van der Waals surface area contributed by atoms with Gasteiger partial charge in [0.25, 0.3) is 5.91 Å². The van der Waals surface area contributed by atoms with Gasteiger partial charge in [0.05, 0.1) is 31.5 Å². The quantitative estimate of drug-likeness (QED) is 0.587. The number of nitrogens with one attached hydrogen (secondary N) is 1. The van der Waals surface area contributed by atoms with E-state index >= 15 is 0 Å². The molecule has 178 valence electrons. The van der Waals surface area contributed by atoms with Crippen LogP contribution in [0.4, 0.5) is 5.69 Å². The summed E-state index contributed by atoms with van der Waals surface area (Å²) in [6.45, 7) is 4.54. The topological polar surface area (TPSA) is 71.1 Å². The van der Waals surface area contributed by atoms with Crippen LogP contribution in [0.25, 0.3) is 0 Å². The molecule has 0 unspecified atom stereocenters. The molecule has 7 nitrogen and oxygen atoms in total. The van der Waals surface area contributed by atoms with Crippen molar-refractivity contribution in [3.05, 3.63) is 53.1 Å². The molecule has 0 atom stereocenters. The van der Waals surface area contributed by atoms with Gasteiger partial charge < -0.3 is 19.7 Å². The first-order valence-electron chi connectivity index (χ1n) is 11.3. The van der Waals surface area contributed by atoms with Gasteiger partial charge in [-0.15, -0.1) is 0 Å². The Kier molecular flexibility index (Phi) is 8.97. The first-order valence-corrected chi connectivity index (χ1v) is 11.6. The molecule has 8 heteroatoms. The predicted molar refractivity (Wildman–Crippen MR) is 130 cm³/mol. The molecule has 0 aliphatic carbocycles. The van der Waals surface area contributed by atoms with E-state index in [9.17, 15) is 9.59 Å². The average molecular weight is 474 g/mol. The molecule has 0 saturated carbocycles. The number of benzene rings is 2. The van der Waals surface area contributed by atoms with Crippen LogP contribution in [0, 0.1) is 0 Å². The molecule has 33 heavy (non-hydrogen) atoms. The summed E-state index contributed by atoms with van der Waals surface area (Å²) in [4.78, 5) is 29.8. The van der Waals surface area contributed by atoms with E-state index in [0.717, 1.165) is 25.8 Å². The number of carbonyl (C=O) groups is 2. The predicted octanol–water partition coefficient (Wildman–Crippen LogP) is 4.31. The number of carbonyl (C=O) groups excluding carboxylic acids is 2. The molecule has 1 N–H and O–H groups in total. The van der Waals surface area contributed by atoms with E-state index in [1.165, 1.54) is 14.2 Å². The van der Waals surface area contributed by atoms with Crippen molar-refractivity contribution in [1.82, 2.24) is 9.80 Å². The highest BCUT2D eigenvalue weighted by Gasteiger charge is 2.28. The minimum atomic E-state index is -0.131. The fraction of sp³-hybridized carbons (Fsp3) is 0.440. The summed E-state index contributed by atoms with van der Waals surface area (Å²) in [7, 11) is 3.05. The van der Waals surface area contributed by atoms with Crippen LogP contribution < -0.4 is 14.8 Å². The number of ether oxygens (including phenoxy) is 2. The zero-order valence-corrected chi connectivity index (χ0v) is 20.2. The Morgan fingerprint density at radius 1 is 1.09 bits per heavy atom. The largest absolute Gasteiger partial charge is 0.495 e. The molecule has 2 aromatic rings. The number of methoxy groups -OCH3 is 2. The summed E-state index contributed by atoms with van der Waals surface area (Å²) in [5.74, 6) is 0.879. The van der Waals surface area contributed by atoms with Gasteiger partial charge in [-0.05, 0) is 37.9 Å². The van der Waals surface area contributed by atoms with E-state index in [2.05, 4.69) is 17.1 Å². The van der Waals surface area contributed by atoms with Crippen LogP contribution in [0.15, 0.2) is 42.5 Å². The van der Waals surface area contributed by atoms with Gasteiger partial charge in [-0.2, -0.15) is 0 Å². The summed E-state index contributed by atoms with van der Waals surface area (Å²) >= 11 is 6.16. The average Bonchev–Trinajstić information content (AvgIpc) is 2.84. The Bertz CT molecular complexity index is 946. The fourth-order valence-electron chi connectivity index (χ4n) is 4.21. The summed E-state index contributed by atoms with van der Waals surface area (Å²) in [6.07, 6.45) is 2.61. The number of amides is 2. The number of likely N-dealkylation sites (tertiary alicyclic amines) is 1. The van der Waals surface area contributed by atoms with Gasteiger partial charge >= 0.3 is 0 Å². The second-order valence-corrected chi connectivity index (χ2v) is 8.50. The number of piperidine rings is 1.